The van der Waals surface area contributed by atoms with Gasteiger partial charge in [0.2, 0.25) is 0 Å². The largest absolute Gasteiger partial charge is 0.382 e. The molecule has 0 spiro atoms. The molecule has 0 heterocycles. The minimum Gasteiger partial charge on any atom is -0.382 e. The first-order chi connectivity index (χ1) is 6.50. The number of nitrogens with one attached hydrogen (secondary N) is 1. The number of benzene rings is 1. The smallest absolute Gasteiger partial charge is 0.270 e. The standard InChI is InChI=1S/C9H12N2O2S/c1-6(2)10-8-4-3-7(11(12)13)5-9(8)14/h3-6,10,14H,1-2H3. The second-order valence-corrected chi connectivity index (χ2v) is 3.74. The molecule has 0 radical (unpaired) electrons. The van der Waals surface area contributed by atoms with Gasteiger partial charge in [0, 0.05) is 28.8 Å². The van der Waals surface area contributed by atoms with Crippen molar-refractivity contribution >= 4 is 24.0 Å². The van der Waals surface area contributed by atoms with E-state index >= 15 is 0 Å². The molecule has 4 nitrogen and oxygen atoms in total. The fourth-order valence-electron chi connectivity index (χ4n) is 1.07. The lowest BCUT2D eigenvalue weighted by Gasteiger charge is -2.11. The van der Waals surface area contributed by atoms with Crippen molar-refractivity contribution in [3.8, 4) is 0 Å². The van der Waals surface area contributed by atoms with Gasteiger partial charge in [-0.2, -0.15) is 0 Å². The van der Waals surface area contributed by atoms with Crippen LogP contribution in [0.1, 0.15) is 13.8 Å². The molecule has 0 saturated heterocycles. The first-order valence-corrected chi connectivity index (χ1v) is 4.69. The lowest BCUT2D eigenvalue weighted by molar-refractivity contribution is -0.385. The van der Waals surface area contributed by atoms with Crippen LogP contribution in [-0.4, -0.2) is 11.0 Å². The van der Waals surface area contributed by atoms with E-state index in [-0.39, 0.29) is 11.7 Å². The maximum atomic E-state index is 10.4. The van der Waals surface area contributed by atoms with Gasteiger partial charge in [0.1, 0.15) is 0 Å². The number of non-ortho nitro benzene ring substituents is 1. The number of nitrogens with zero attached hydrogens (tertiary/aromatic N) is 1. The molecule has 0 saturated carbocycles. The Morgan fingerprint density at radius 3 is 2.57 bits per heavy atom. The zero-order valence-corrected chi connectivity index (χ0v) is 8.91. The van der Waals surface area contributed by atoms with E-state index in [0.29, 0.717) is 4.90 Å². The summed E-state index contributed by atoms with van der Waals surface area (Å²) in [4.78, 5) is 10.6. The van der Waals surface area contributed by atoms with Crippen molar-refractivity contribution in [1.29, 1.82) is 0 Å². The highest BCUT2D eigenvalue weighted by Gasteiger charge is 2.08. The molecule has 0 aliphatic carbocycles. The highest BCUT2D eigenvalue weighted by atomic mass is 32.1. The Hall–Kier alpha value is -1.23. The van der Waals surface area contributed by atoms with Crippen LogP contribution in [0.25, 0.3) is 0 Å². The molecule has 0 bridgehead atoms. The van der Waals surface area contributed by atoms with Gasteiger partial charge >= 0.3 is 0 Å². The molecule has 1 rings (SSSR count). The van der Waals surface area contributed by atoms with Gasteiger partial charge in [0.25, 0.3) is 5.69 Å². The summed E-state index contributed by atoms with van der Waals surface area (Å²) in [5.41, 5.74) is 0.873. The summed E-state index contributed by atoms with van der Waals surface area (Å²) in [6.07, 6.45) is 0. The van der Waals surface area contributed by atoms with Gasteiger partial charge in [0.15, 0.2) is 0 Å². The first-order valence-electron chi connectivity index (χ1n) is 4.24. The lowest BCUT2D eigenvalue weighted by Crippen LogP contribution is -2.10. The Morgan fingerprint density at radius 1 is 1.50 bits per heavy atom. The van der Waals surface area contributed by atoms with Crippen LogP contribution in [-0.2, 0) is 0 Å². The minimum atomic E-state index is -0.432. The molecule has 0 aliphatic heterocycles. The van der Waals surface area contributed by atoms with Crippen molar-refractivity contribution < 1.29 is 4.92 Å². The molecule has 1 aromatic rings. The Bertz CT molecular complexity index is 353. The van der Waals surface area contributed by atoms with E-state index in [1.807, 2.05) is 13.8 Å². The topological polar surface area (TPSA) is 55.2 Å². The SMILES string of the molecule is CC(C)Nc1ccc([N+](=O)[O-])cc1S. The van der Waals surface area contributed by atoms with Crippen molar-refractivity contribution in [1.82, 2.24) is 0 Å². The summed E-state index contributed by atoms with van der Waals surface area (Å²) in [6, 6.07) is 4.85. The van der Waals surface area contributed by atoms with Crippen molar-refractivity contribution in [3.63, 3.8) is 0 Å². The molecule has 5 heteroatoms. The number of rotatable bonds is 3. The summed E-state index contributed by atoms with van der Waals surface area (Å²) in [6.45, 7) is 3.99. The second kappa shape index (κ2) is 4.32. The fraction of sp³-hybridized carbons (Fsp3) is 0.333. The second-order valence-electron chi connectivity index (χ2n) is 3.26. The van der Waals surface area contributed by atoms with Crippen molar-refractivity contribution in [3.05, 3.63) is 28.3 Å². The van der Waals surface area contributed by atoms with Crippen LogP contribution >= 0.6 is 12.6 Å². The first kappa shape index (κ1) is 10.8. The monoisotopic (exact) mass is 212 g/mol. The minimum absolute atomic E-state index is 0.0595. The number of nitro groups is 1. The molecule has 0 amide bonds. The van der Waals surface area contributed by atoms with Gasteiger partial charge in [-0.25, -0.2) is 0 Å². The van der Waals surface area contributed by atoms with Gasteiger partial charge in [-0.1, -0.05) is 0 Å². The number of hydrogen-bond donors (Lipinski definition) is 2. The molecule has 0 fully saturated rings. The van der Waals surface area contributed by atoms with Crippen LogP contribution in [0.5, 0.6) is 0 Å². The van der Waals surface area contributed by atoms with E-state index in [9.17, 15) is 10.1 Å². The van der Waals surface area contributed by atoms with E-state index < -0.39 is 4.92 Å². The highest BCUT2D eigenvalue weighted by Crippen LogP contribution is 2.25. The maximum absolute atomic E-state index is 10.4. The molecule has 1 aromatic carbocycles. The molecule has 76 valence electrons. The van der Waals surface area contributed by atoms with Crippen LogP contribution in [0.4, 0.5) is 11.4 Å². The van der Waals surface area contributed by atoms with Crippen molar-refractivity contribution in [2.24, 2.45) is 0 Å². The van der Waals surface area contributed by atoms with Crippen LogP contribution in [0.3, 0.4) is 0 Å². The normalized spacial score (nSPS) is 10.3. The Morgan fingerprint density at radius 2 is 2.14 bits per heavy atom. The molecule has 0 unspecified atom stereocenters. The van der Waals surface area contributed by atoms with E-state index in [4.69, 9.17) is 0 Å². The van der Waals surface area contributed by atoms with Crippen LogP contribution < -0.4 is 5.32 Å². The highest BCUT2D eigenvalue weighted by molar-refractivity contribution is 7.80. The summed E-state index contributed by atoms with van der Waals surface area (Å²) in [7, 11) is 0. The maximum Gasteiger partial charge on any atom is 0.270 e. The molecule has 14 heavy (non-hydrogen) atoms. The van der Waals surface area contributed by atoms with Crippen LogP contribution in [0, 0.1) is 10.1 Å². The van der Waals surface area contributed by atoms with Crippen molar-refractivity contribution in [2.45, 2.75) is 24.8 Å². The summed E-state index contributed by atoms with van der Waals surface area (Å²) >= 11 is 4.17. The lowest BCUT2D eigenvalue weighted by atomic mass is 10.2. The van der Waals surface area contributed by atoms with Gasteiger partial charge in [-0.3, -0.25) is 10.1 Å². The molecule has 1 N–H and O–H groups in total. The molecule has 0 aromatic heterocycles. The van der Waals surface area contributed by atoms with Gasteiger partial charge in [0.05, 0.1) is 4.92 Å². The average molecular weight is 212 g/mol. The zero-order valence-electron chi connectivity index (χ0n) is 8.02. The summed E-state index contributed by atoms with van der Waals surface area (Å²) in [5, 5.41) is 13.6. The van der Waals surface area contributed by atoms with E-state index in [0.717, 1.165) is 5.69 Å². The van der Waals surface area contributed by atoms with Crippen LogP contribution in [0.15, 0.2) is 23.1 Å². The predicted molar refractivity (Wildman–Crippen MR) is 59.1 cm³/mol. The third-order valence-corrected chi connectivity index (χ3v) is 2.01. The number of thiol groups is 1. The molecular formula is C9H12N2O2S. The predicted octanol–water partition coefficient (Wildman–Crippen LogP) is 2.70. The number of anilines is 1. The number of hydrogen-bond acceptors (Lipinski definition) is 4. The quantitative estimate of drug-likeness (QED) is 0.460. The molecule has 0 aliphatic rings. The zero-order chi connectivity index (χ0) is 10.7. The van der Waals surface area contributed by atoms with Crippen molar-refractivity contribution in [2.75, 3.05) is 5.32 Å². The number of nitro benzene ring substituents is 1. The van der Waals surface area contributed by atoms with E-state index in [2.05, 4.69) is 17.9 Å². The molecule has 0 atom stereocenters. The van der Waals surface area contributed by atoms with Gasteiger partial charge < -0.3 is 5.32 Å². The Kier molecular flexibility index (Phi) is 3.35. The average Bonchev–Trinajstić information content (AvgIpc) is 2.07. The van der Waals surface area contributed by atoms with Gasteiger partial charge in [-0.15, -0.1) is 12.6 Å². The summed E-state index contributed by atoms with van der Waals surface area (Å²) < 4.78 is 0. The summed E-state index contributed by atoms with van der Waals surface area (Å²) in [5.74, 6) is 0. The van der Waals surface area contributed by atoms with E-state index in [1.165, 1.54) is 12.1 Å². The third-order valence-electron chi connectivity index (χ3n) is 1.64. The van der Waals surface area contributed by atoms with E-state index in [1.54, 1.807) is 6.07 Å². The van der Waals surface area contributed by atoms with Gasteiger partial charge in [-0.05, 0) is 19.9 Å². The Labute approximate surface area is 87.9 Å². The van der Waals surface area contributed by atoms with Crippen LogP contribution in [0.2, 0.25) is 0 Å². The third kappa shape index (κ3) is 2.63. The Balaban J connectivity index is 2.95. The fourth-order valence-corrected chi connectivity index (χ4v) is 1.34. The molecular weight excluding hydrogens is 200 g/mol.